The summed E-state index contributed by atoms with van der Waals surface area (Å²) >= 11 is 0. The second-order valence-corrected chi connectivity index (χ2v) is 10.4. The van der Waals surface area contributed by atoms with Crippen molar-refractivity contribution in [3.8, 4) is 11.5 Å². The molecule has 5 atom stereocenters. The van der Waals surface area contributed by atoms with Crippen LogP contribution < -0.4 is 14.8 Å². The summed E-state index contributed by atoms with van der Waals surface area (Å²) in [4.78, 5) is 59.3. The van der Waals surface area contributed by atoms with Crippen LogP contribution in [0.1, 0.15) is 44.6 Å². The molecule has 1 aromatic rings. The Kier molecular flexibility index (Phi) is 14.4. The number of hydrogen-bond donors (Lipinski definition) is 5. The van der Waals surface area contributed by atoms with Crippen LogP contribution in [0.25, 0.3) is 0 Å². The van der Waals surface area contributed by atoms with E-state index in [1.807, 2.05) is 0 Å². The van der Waals surface area contributed by atoms with E-state index in [4.69, 9.17) is 23.7 Å². The van der Waals surface area contributed by atoms with Gasteiger partial charge in [0.2, 0.25) is 12.2 Å². The fourth-order valence-corrected chi connectivity index (χ4v) is 4.45. The number of ether oxygens (including phenoxy) is 5. The third-order valence-electron chi connectivity index (χ3n) is 7.02. The first-order chi connectivity index (χ1) is 22.0. The van der Waals surface area contributed by atoms with Gasteiger partial charge in [-0.3, -0.25) is 24.1 Å². The van der Waals surface area contributed by atoms with E-state index in [2.05, 4.69) is 5.32 Å². The average molecular weight is 653 g/mol. The molecule has 16 heteroatoms. The second kappa shape index (κ2) is 18.2. The number of aliphatic hydroxyl groups is 3. The topological polar surface area (TPSA) is 228 Å². The fourth-order valence-electron chi connectivity index (χ4n) is 4.45. The first-order valence-corrected chi connectivity index (χ1v) is 14.9. The highest BCUT2D eigenvalue weighted by atomic mass is 16.7. The highest BCUT2D eigenvalue weighted by molar-refractivity contribution is 6.12. The van der Waals surface area contributed by atoms with Crippen LogP contribution >= 0.6 is 0 Å². The largest absolute Gasteiger partial charge is 0.491 e. The molecule has 2 aliphatic rings. The molecule has 0 radical (unpaired) electrons. The third-order valence-corrected chi connectivity index (χ3v) is 7.02. The highest BCUT2D eigenvalue weighted by Gasteiger charge is 2.48. The van der Waals surface area contributed by atoms with Gasteiger partial charge < -0.3 is 49.4 Å². The van der Waals surface area contributed by atoms with Gasteiger partial charge in [-0.25, -0.2) is 4.79 Å². The summed E-state index contributed by atoms with van der Waals surface area (Å²) in [6.07, 6.45) is -4.08. The molecule has 254 valence electrons. The first-order valence-electron chi connectivity index (χ1n) is 14.9. The van der Waals surface area contributed by atoms with Crippen molar-refractivity contribution < 1.29 is 68.1 Å². The molecule has 3 amide bonds. The number of benzene rings is 1. The number of imide groups is 1. The Balaban J connectivity index is 1.41. The van der Waals surface area contributed by atoms with Gasteiger partial charge in [-0.05, 0) is 25.0 Å². The van der Waals surface area contributed by atoms with Crippen LogP contribution in [0.4, 0.5) is 0 Å². The summed E-state index contributed by atoms with van der Waals surface area (Å²) in [6, 6.07) is 4.37. The molecule has 0 spiro atoms. The monoisotopic (exact) mass is 652 g/mol. The van der Waals surface area contributed by atoms with E-state index in [1.165, 1.54) is 35.3 Å². The van der Waals surface area contributed by atoms with Crippen LogP contribution in [0.5, 0.6) is 11.5 Å². The summed E-state index contributed by atoms with van der Waals surface area (Å²) in [5, 5.41) is 42.2. The van der Waals surface area contributed by atoms with Crippen LogP contribution in [0.3, 0.4) is 0 Å². The minimum atomic E-state index is -1.87. The lowest BCUT2D eigenvalue weighted by molar-refractivity contribution is -0.271. The molecule has 2 heterocycles. The zero-order valence-corrected chi connectivity index (χ0v) is 25.4. The Labute approximate surface area is 264 Å². The van der Waals surface area contributed by atoms with E-state index >= 15 is 0 Å². The molecule has 46 heavy (non-hydrogen) atoms. The molecular weight excluding hydrogens is 612 g/mol. The minimum Gasteiger partial charge on any atom is -0.491 e. The lowest BCUT2D eigenvalue weighted by Gasteiger charge is -2.38. The molecular formula is C30H40N2O14. The summed E-state index contributed by atoms with van der Waals surface area (Å²) in [6.45, 7) is 2.52. The highest BCUT2D eigenvalue weighted by Crippen LogP contribution is 2.29. The van der Waals surface area contributed by atoms with Crippen molar-refractivity contribution in [2.75, 3.05) is 32.9 Å². The quantitative estimate of drug-likeness (QED) is 0.0715. The Bertz CT molecular complexity index is 1240. The van der Waals surface area contributed by atoms with Gasteiger partial charge in [0.05, 0.1) is 13.2 Å². The Morgan fingerprint density at radius 1 is 0.957 bits per heavy atom. The molecule has 2 aliphatic heterocycles. The van der Waals surface area contributed by atoms with Crippen LogP contribution in [0, 0.1) is 0 Å². The van der Waals surface area contributed by atoms with Gasteiger partial charge in [-0.15, -0.1) is 0 Å². The smallest absolute Gasteiger partial charge is 0.335 e. The second-order valence-electron chi connectivity index (χ2n) is 10.4. The average Bonchev–Trinajstić information content (AvgIpc) is 3.35. The molecule has 16 nitrogen and oxygen atoms in total. The molecule has 5 N–H and O–H groups in total. The summed E-state index contributed by atoms with van der Waals surface area (Å²) in [7, 11) is 0. The fraction of sp³-hybridized carbons (Fsp3) is 0.567. The van der Waals surface area contributed by atoms with Crippen LogP contribution in [-0.4, -0.2) is 119 Å². The summed E-state index contributed by atoms with van der Waals surface area (Å²) < 4.78 is 27.2. The molecule has 0 aliphatic carbocycles. The van der Waals surface area contributed by atoms with Crippen molar-refractivity contribution in [3.63, 3.8) is 0 Å². The predicted molar refractivity (Wildman–Crippen MR) is 155 cm³/mol. The zero-order chi connectivity index (χ0) is 33.6. The number of carboxylic acids is 1. The third kappa shape index (κ3) is 10.8. The van der Waals surface area contributed by atoms with Gasteiger partial charge in [0.15, 0.2) is 6.10 Å². The normalized spacial score (nSPS) is 22.5. The number of aliphatic carboxylic acids is 1. The Morgan fingerprint density at radius 2 is 1.70 bits per heavy atom. The molecule has 0 bridgehead atoms. The maximum Gasteiger partial charge on any atom is 0.335 e. The van der Waals surface area contributed by atoms with E-state index in [0.717, 1.165) is 0 Å². The standard InChI is InChI=1S/C30H40N2O14/c1-2-24(36)44-17-18-7-8-19(45-30-27(39)25(37)26(38)28(46-30)29(40)41)16-20(18)43-15-14-42-13-11-31-21(33)6-4-3-5-12-32-22(34)9-10-23(32)35/h7-10,16,25-28,30,37-39H,2-6,11-15,17H2,1H3,(H,31,33)(H,40,41)/t25-,26-,27+,28-,30+/m0/s1. The van der Waals surface area contributed by atoms with Gasteiger partial charge in [0.25, 0.3) is 11.8 Å². The number of aliphatic hydroxyl groups excluding tert-OH is 3. The number of carbonyl (C=O) groups excluding carboxylic acids is 4. The van der Waals surface area contributed by atoms with Crippen LogP contribution in [-0.2, 0) is 44.8 Å². The number of unbranched alkanes of at least 4 members (excludes halogenated alkanes) is 2. The predicted octanol–water partition coefficient (Wildman–Crippen LogP) is -0.592. The lowest BCUT2D eigenvalue weighted by Crippen LogP contribution is -2.61. The Hall–Kier alpha value is -4.09. The summed E-state index contributed by atoms with van der Waals surface area (Å²) in [5.74, 6) is -2.48. The van der Waals surface area contributed by atoms with Crippen molar-refractivity contribution in [1.29, 1.82) is 0 Å². The van der Waals surface area contributed by atoms with E-state index in [0.29, 0.717) is 37.8 Å². The number of nitrogens with one attached hydrogen (secondary N) is 1. The number of nitrogens with zero attached hydrogens (tertiary/aromatic N) is 1. The molecule has 3 rings (SSSR count). The number of hydrogen-bond acceptors (Lipinski definition) is 13. The molecule has 1 saturated heterocycles. The zero-order valence-electron chi connectivity index (χ0n) is 25.4. The number of esters is 1. The molecule has 0 unspecified atom stereocenters. The van der Waals surface area contributed by atoms with E-state index in [-0.39, 0.29) is 68.6 Å². The minimum absolute atomic E-state index is 0.0538. The maximum atomic E-state index is 12.0. The van der Waals surface area contributed by atoms with Crippen molar-refractivity contribution in [2.24, 2.45) is 0 Å². The first kappa shape index (κ1) is 36.4. The lowest BCUT2D eigenvalue weighted by atomic mass is 9.99. The van der Waals surface area contributed by atoms with Crippen molar-refractivity contribution in [3.05, 3.63) is 35.9 Å². The van der Waals surface area contributed by atoms with E-state index < -0.39 is 42.6 Å². The van der Waals surface area contributed by atoms with Gasteiger partial charge in [-0.1, -0.05) is 13.3 Å². The number of carbonyl (C=O) groups is 5. The molecule has 1 aromatic carbocycles. The van der Waals surface area contributed by atoms with Crippen molar-refractivity contribution in [1.82, 2.24) is 10.2 Å². The van der Waals surface area contributed by atoms with Crippen molar-refractivity contribution >= 4 is 29.7 Å². The molecule has 1 fully saturated rings. The number of carboxylic acid groups (broad SMARTS) is 1. The van der Waals surface area contributed by atoms with E-state index in [1.54, 1.807) is 6.92 Å². The maximum absolute atomic E-state index is 12.0. The van der Waals surface area contributed by atoms with Gasteiger partial charge in [0, 0.05) is 49.7 Å². The van der Waals surface area contributed by atoms with Gasteiger partial charge in [-0.2, -0.15) is 0 Å². The molecule has 0 saturated carbocycles. The van der Waals surface area contributed by atoms with Crippen molar-refractivity contribution in [2.45, 2.75) is 76.3 Å². The van der Waals surface area contributed by atoms with E-state index in [9.17, 15) is 44.4 Å². The van der Waals surface area contributed by atoms with Crippen LogP contribution in [0.15, 0.2) is 30.4 Å². The summed E-state index contributed by atoms with van der Waals surface area (Å²) in [5.41, 5.74) is 0.473. The number of amides is 3. The number of rotatable bonds is 19. The molecule has 0 aromatic heterocycles. The SMILES string of the molecule is CCC(=O)OCc1ccc(O[C@@H]2O[C@H](C(=O)O)[C@@H](O)[C@H](O)[C@H]2O)cc1OCCOCCNC(=O)CCCCCN1C(=O)C=CC1=O. The van der Waals surface area contributed by atoms with Crippen LogP contribution in [0.2, 0.25) is 0 Å². The van der Waals surface area contributed by atoms with Gasteiger partial charge in [0.1, 0.15) is 43.0 Å². The van der Waals surface area contributed by atoms with Gasteiger partial charge >= 0.3 is 11.9 Å². The Morgan fingerprint density at radius 3 is 2.39 bits per heavy atom.